The number of ether oxygens (including phenoxy) is 2. The lowest BCUT2D eigenvalue weighted by molar-refractivity contribution is -0.140. The van der Waals surface area contributed by atoms with Crippen molar-refractivity contribution in [2.24, 2.45) is 11.8 Å². The Morgan fingerprint density at radius 3 is 2.39 bits per heavy atom. The van der Waals surface area contributed by atoms with E-state index < -0.39 is 5.79 Å². The number of allylic oxidation sites excluding steroid dienone is 4. The van der Waals surface area contributed by atoms with E-state index in [9.17, 15) is 0 Å². The first kappa shape index (κ1) is 20.4. The molecule has 0 aromatic rings. The third-order valence-electron chi connectivity index (χ3n) is 5.10. The first-order valence-electron chi connectivity index (χ1n) is 9.36. The molecule has 0 radical (unpaired) electrons. The monoisotopic (exact) mass is 322 g/mol. The largest absolute Gasteiger partial charge is 0.348 e. The summed E-state index contributed by atoms with van der Waals surface area (Å²) in [5.41, 5.74) is 3.02. The molecule has 1 aliphatic heterocycles. The van der Waals surface area contributed by atoms with E-state index in [0.717, 1.165) is 13.0 Å². The molecule has 1 aliphatic rings. The van der Waals surface area contributed by atoms with Gasteiger partial charge in [-0.05, 0) is 71.6 Å². The van der Waals surface area contributed by atoms with Crippen molar-refractivity contribution in [2.45, 2.75) is 92.5 Å². The summed E-state index contributed by atoms with van der Waals surface area (Å²) in [5.74, 6) is 0.947. The minimum Gasteiger partial charge on any atom is -0.348 e. The van der Waals surface area contributed by atoms with Gasteiger partial charge in [0.15, 0.2) is 5.79 Å². The Hall–Kier alpha value is -0.600. The molecule has 134 valence electrons. The molecule has 0 unspecified atom stereocenters. The van der Waals surface area contributed by atoms with E-state index >= 15 is 0 Å². The first-order valence-corrected chi connectivity index (χ1v) is 9.36. The molecule has 1 saturated heterocycles. The van der Waals surface area contributed by atoms with Crippen LogP contribution < -0.4 is 0 Å². The van der Waals surface area contributed by atoms with Gasteiger partial charge in [-0.3, -0.25) is 0 Å². The maximum Gasteiger partial charge on any atom is 0.163 e. The van der Waals surface area contributed by atoms with Crippen molar-refractivity contribution in [2.75, 3.05) is 6.61 Å². The molecule has 0 aliphatic carbocycles. The zero-order valence-corrected chi connectivity index (χ0v) is 16.4. The van der Waals surface area contributed by atoms with Crippen molar-refractivity contribution in [1.82, 2.24) is 0 Å². The molecule has 23 heavy (non-hydrogen) atoms. The van der Waals surface area contributed by atoms with Gasteiger partial charge in [0.25, 0.3) is 0 Å². The fraction of sp³-hybridized carbons (Fsp3) is 0.810. The molecule has 0 saturated carbocycles. The third kappa shape index (κ3) is 8.17. The van der Waals surface area contributed by atoms with Crippen LogP contribution in [0.25, 0.3) is 0 Å². The van der Waals surface area contributed by atoms with Gasteiger partial charge in [0.2, 0.25) is 0 Å². The molecule has 1 heterocycles. The summed E-state index contributed by atoms with van der Waals surface area (Å²) in [6, 6.07) is 0. The summed E-state index contributed by atoms with van der Waals surface area (Å²) in [4.78, 5) is 0. The summed E-state index contributed by atoms with van der Waals surface area (Å²) in [6.07, 6.45) is 10.9. The van der Waals surface area contributed by atoms with Gasteiger partial charge in [0.05, 0.1) is 12.7 Å². The molecule has 0 amide bonds. The Kier molecular flexibility index (Phi) is 8.57. The average Bonchev–Trinajstić information content (AvgIpc) is 2.83. The molecule has 1 fully saturated rings. The van der Waals surface area contributed by atoms with Crippen LogP contribution in [0, 0.1) is 11.8 Å². The smallest absolute Gasteiger partial charge is 0.163 e. The molecule has 2 nitrogen and oxygen atoms in total. The average molecular weight is 323 g/mol. The fourth-order valence-electron chi connectivity index (χ4n) is 2.94. The van der Waals surface area contributed by atoms with Crippen LogP contribution in [0.2, 0.25) is 0 Å². The van der Waals surface area contributed by atoms with Gasteiger partial charge in [-0.25, -0.2) is 0 Å². The normalized spacial score (nSPS) is 24.7. The highest BCUT2D eigenvalue weighted by atomic mass is 16.7. The van der Waals surface area contributed by atoms with Gasteiger partial charge in [0, 0.05) is 0 Å². The van der Waals surface area contributed by atoms with Crippen molar-refractivity contribution in [3.05, 3.63) is 23.3 Å². The topological polar surface area (TPSA) is 18.5 Å². The number of hydrogen-bond acceptors (Lipinski definition) is 2. The van der Waals surface area contributed by atoms with Crippen molar-refractivity contribution in [1.29, 1.82) is 0 Å². The maximum absolute atomic E-state index is 5.94. The Labute approximate surface area is 144 Å². The molecule has 2 heteroatoms. The molecule has 0 aromatic carbocycles. The van der Waals surface area contributed by atoms with E-state index in [1.54, 1.807) is 0 Å². The van der Waals surface area contributed by atoms with Crippen LogP contribution in [-0.4, -0.2) is 18.5 Å². The quantitative estimate of drug-likeness (QED) is 0.465. The lowest BCUT2D eigenvalue weighted by Gasteiger charge is -2.23. The molecule has 0 spiro atoms. The van der Waals surface area contributed by atoms with E-state index in [0.29, 0.717) is 11.8 Å². The second kappa shape index (κ2) is 9.64. The van der Waals surface area contributed by atoms with Crippen molar-refractivity contribution in [3.8, 4) is 0 Å². The molecule has 3 atom stereocenters. The summed E-state index contributed by atoms with van der Waals surface area (Å²) in [6.45, 7) is 16.2. The lowest BCUT2D eigenvalue weighted by Crippen LogP contribution is -2.23. The van der Waals surface area contributed by atoms with Crippen LogP contribution in [0.1, 0.15) is 80.6 Å². The van der Waals surface area contributed by atoms with E-state index in [1.165, 1.54) is 36.8 Å². The van der Waals surface area contributed by atoms with Crippen molar-refractivity contribution in [3.63, 3.8) is 0 Å². The summed E-state index contributed by atoms with van der Waals surface area (Å²) in [5, 5.41) is 0. The van der Waals surface area contributed by atoms with E-state index in [1.807, 2.05) is 13.8 Å². The van der Waals surface area contributed by atoms with Gasteiger partial charge in [-0.2, -0.15) is 0 Å². The van der Waals surface area contributed by atoms with Gasteiger partial charge >= 0.3 is 0 Å². The van der Waals surface area contributed by atoms with Crippen molar-refractivity contribution >= 4 is 0 Å². The molecular formula is C21H38O2. The Bertz CT molecular complexity index is 406. The molecule has 0 bridgehead atoms. The molecular weight excluding hydrogens is 284 g/mol. The number of rotatable bonds is 9. The zero-order valence-electron chi connectivity index (χ0n) is 16.4. The third-order valence-corrected chi connectivity index (χ3v) is 5.10. The highest BCUT2D eigenvalue weighted by Crippen LogP contribution is 2.29. The maximum atomic E-state index is 5.94. The minimum atomic E-state index is -0.395. The highest BCUT2D eigenvalue weighted by Gasteiger charge is 2.33. The van der Waals surface area contributed by atoms with E-state index in [4.69, 9.17) is 9.47 Å². The van der Waals surface area contributed by atoms with Crippen LogP contribution in [0.15, 0.2) is 23.3 Å². The predicted molar refractivity (Wildman–Crippen MR) is 99.5 cm³/mol. The van der Waals surface area contributed by atoms with Gasteiger partial charge < -0.3 is 9.47 Å². The lowest BCUT2D eigenvalue weighted by atomic mass is 9.87. The van der Waals surface area contributed by atoms with E-state index in [-0.39, 0.29) is 6.10 Å². The van der Waals surface area contributed by atoms with Crippen LogP contribution in [-0.2, 0) is 9.47 Å². The predicted octanol–water partition coefficient (Wildman–Crippen LogP) is 6.27. The summed E-state index contributed by atoms with van der Waals surface area (Å²) >= 11 is 0. The first-order chi connectivity index (χ1) is 10.7. The van der Waals surface area contributed by atoms with Crippen LogP contribution in [0.4, 0.5) is 0 Å². The Balaban J connectivity index is 2.31. The highest BCUT2D eigenvalue weighted by molar-refractivity contribution is 5.03. The second-order valence-corrected chi connectivity index (χ2v) is 7.87. The Morgan fingerprint density at radius 2 is 1.83 bits per heavy atom. The van der Waals surface area contributed by atoms with Gasteiger partial charge in [-0.15, -0.1) is 0 Å². The second-order valence-electron chi connectivity index (χ2n) is 7.87. The van der Waals surface area contributed by atoms with Gasteiger partial charge in [-0.1, -0.05) is 44.1 Å². The minimum absolute atomic E-state index is 0.259. The van der Waals surface area contributed by atoms with Crippen LogP contribution in [0.3, 0.4) is 0 Å². The molecule has 1 rings (SSSR count). The van der Waals surface area contributed by atoms with Gasteiger partial charge in [0.1, 0.15) is 0 Å². The SMILES string of the molecule is CC/C(C)=C/CC/C(C)=C/C[C@@H](C)[C@@H](C)C[C@@H]1COC(C)(C)O1. The summed E-state index contributed by atoms with van der Waals surface area (Å²) in [7, 11) is 0. The molecule has 0 aromatic heterocycles. The van der Waals surface area contributed by atoms with Crippen LogP contribution in [0.5, 0.6) is 0 Å². The Morgan fingerprint density at radius 1 is 1.13 bits per heavy atom. The standard InChI is InChI=1S/C21H38O2/c1-8-16(2)10-9-11-17(3)12-13-18(4)19(5)14-20-15-22-21(6,7)23-20/h10,12,18-20H,8-9,11,13-15H2,1-7H3/b16-10+,17-12+/t18-,19+,20-/m1/s1. The molecule has 0 N–H and O–H groups in total. The van der Waals surface area contributed by atoms with Crippen molar-refractivity contribution < 1.29 is 9.47 Å². The van der Waals surface area contributed by atoms with Crippen LogP contribution >= 0.6 is 0 Å². The summed E-state index contributed by atoms with van der Waals surface area (Å²) < 4.78 is 11.6. The zero-order chi connectivity index (χ0) is 17.5. The number of hydrogen-bond donors (Lipinski definition) is 0. The van der Waals surface area contributed by atoms with E-state index in [2.05, 4.69) is 46.8 Å². The fourth-order valence-corrected chi connectivity index (χ4v) is 2.94.